The molecule has 1 saturated carbocycles. The van der Waals surface area contributed by atoms with Gasteiger partial charge in [0.05, 0.1) is 24.1 Å². The second kappa shape index (κ2) is 7.20. The Morgan fingerprint density at radius 1 is 1.21 bits per heavy atom. The Balaban J connectivity index is 1.91. The highest BCUT2D eigenvalue weighted by atomic mass is 32.1. The lowest BCUT2D eigenvalue weighted by molar-refractivity contribution is -0.136. The average molecular weight is 284 g/mol. The van der Waals surface area contributed by atoms with Gasteiger partial charge in [-0.3, -0.25) is 4.79 Å². The molecule has 1 atom stereocenters. The number of hydrogen-bond acceptors (Lipinski definition) is 3. The molecule has 1 heterocycles. The Morgan fingerprint density at radius 3 is 2.47 bits per heavy atom. The van der Waals surface area contributed by atoms with E-state index in [0.29, 0.717) is 24.0 Å². The Kier molecular flexibility index (Phi) is 5.58. The van der Waals surface area contributed by atoms with Crippen LogP contribution in [0.1, 0.15) is 51.4 Å². The molecule has 0 aromatic heterocycles. The molecule has 0 spiro atoms. The largest absolute Gasteiger partial charge is 0.392 e. The van der Waals surface area contributed by atoms with Gasteiger partial charge in [-0.05, 0) is 32.1 Å². The van der Waals surface area contributed by atoms with E-state index >= 15 is 0 Å². The molecule has 1 aliphatic heterocycles. The molecule has 0 aromatic rings. The molecule has 1 amide bonds. The van der Waals surface area contributed by atoms with Crippen LogP contribution < -0.4 is 5.73 Å². The van der Waals surface area contributed by atoms with Crippen LogP contribution in [0.4, 0.5) is 0 Å². The fourth-order valence-electron chi connectivity index (χ4n) is 3.09. The summed E-state index contributed by atoms with van der Waals surface area (Å²) < 4.78 is 5.65. The van der Waals surface area contributed by atoms with Gasteiger partial charge in [-0.15, -0.1) is 0 Å². The summed E-state index contributed by atoms with van der Waals surface area (Å²) in [5, 5.41) is 0. The highest BCUT2D eigenvalue weighted by Crippen LogP contribution is 2.25. The van der Waals surface area contributed by atoms with Crippen molar-refractivity contribution in [2.75, 3.05) is 13.2 Å². The zero-order valence-electron chi connectivity index (χ0n) is 11.5. The van der Waals surface area contributed by atoms with Gasteiger partial charge in [-0.1, -0.05) is 25.1 Å². The van der Waals surface area contributed by atoms with Gasteiger partial charge in [-0.25, -0.2) is 0 Å². The van der Waals surface area contributed by atoms with Gasteiger partial charge in [0.1, 0.15) is 0 Å². The van der Waals surface area contributed by atoms with E-state index in [0.717, 1.165) is 38.7 Å². The minimum atomic E-state index is 0.0940. The third-order valence-electron chi connectivity index (χ3n) is 4.09. The average Bonchev–Trinajstić information content (AvgIpc) is 2.90. The maximum atomic E-state index is 12.5. The van der Waals surface area contributed by atoms with E-state index in [-0.39, 0.29) is 12.0 Å². The van der Waals surface area contributed by atoms with Crippen molar-refractivity contribution in [2.45, 2.75) is 63.5 Å². The molecule has 0 radical (unpaired) electrons. The number of ether oxygens (including phenoxy) is 1. The number of thiocarbonyl (C=S) groups is 1. The van der Waals surface area contributed by atoms with Gasteiger partial charge in [-0.2, -0.15) is 0 Å². The lowest BCUT2D eigenvalue weighted by Gasteiger charge is -2.31. The molecule has 2 N–H and O–H groups in total. The highest BCUT2D eigenvalue weighted by molar-refractivity contribution is 7.80. The molecule has 1 aliphatic carbocycles. The van der Waals surface area contributed by atoms with Gasteiger partial charge in [0, 0.05) is 12.6 Å². The Labute approximate surface area is 120 Å². The van der Waals surface area contributed by atoms with Crippen molar-refractivity contribution < 1.29 is 9.53 Å². The maximum Gasteiger partial charge on any atom is 0.225 e. The summed E-state index contributed by atoms with van der Waals surface area (Å²) in [6, 6.07) is 0.331. The number of nitrogens with two attached hydrogens (primary N) is 1. The van der Waals surface area contributed by atoms with Gasteiger partial charge in [0.2, 0.25) is 5.91 Å². The van der Waals surface area contributed by atoms with Crippen molar-refractivity contribution in [1.29, 1.82) is 0 Å². The summed E-state index contributed by atoms with van der Waals surface area (Å²) in [5.74, 6) is 0.159. The van der Waals surface area contributed by atoms with Crippen LogP contribution >= 0.6 is 12.2 Å². The van der Waals surface area contributed by atoms with E-state index in [2.05, 4.69) is 0 Å². The molecule has 1 unspecified atom stereocenters. The molecular formula is C14H24N2O2S. The molecule has 2 aliphatic rings. The van der Waals surface area contributed by atoms with Crippen LogP contribution in [0.5, 0.6) is 0 Å². The molecule has 2 fully saturated rings. The first-order chi connectivity index (χ1) is 9.16. The molecule has 19 heavy (non-hydrogen) atoms. The second-order valence-electron chi connectivity index (χ2n) is 5.62. The van der Waals surface area contributed by atoms with E-state index in [1.165, 1.54) is 12.8 Å². The summed E-state index contributed by atoms with van der Waals surface area (Å²) in [6.07, 6.45) is 8.42. The van der Waals surface area contributed by atoms with Gasteiger partial charge in [0.25, 0.3) is 0 Å². The van der Waals surface area contributed by atoms with Crippen LogP contribution in [0.2, 0.25) is 0 Å². The van der Waals surface area contributed by atoms with Crippen molar-refractivity contribution in [2.24, 2.45) is 5.73 Å². The number of amides is 1. The molecule has 0 aromatic carbocycles. The molecule has 1 saturated heterocycles. The summed E-state index contributed by atoms with van der Waals surface area (Å²) in [6.45, 7) is 1.21. The zero-order valence-corrected chi connectivity index (χ0v) is 12.3. The van der Waals surface area contributed by atoms with Crippen molar-refractivity contribution in [3.8, 4) is 0 Å². The molecule has 5 heteroatoms. The minimum absolute atomic E-state index is 0.0940. The molecule has 108 valence electrons. The Morgan fingerprint density at radius 2 is 1.89 bits per heavy atom. The minimum Gasteiger partial charge on any atom is -0.392 e. The van der Waals surface area contributed by atoms with Crippen molar-refractivity contribution >= 4 is 23.1 Å². The lowest BCUT2D eigenvalue weighted by Crippen LogP contribution is -2.45. The Hall–Kier alpha value is -0.680. The van der Waals surface area contributed by atoms with Crippen LogP contribution in [0.25, 0.3) is 0 Å². The normalized spacial score (nSPS) is 24.3. The third-order valence-corrected chi connectivity index (χ3v) is 4.22. The topological polar surface area (TPSA) is 55.6 Å². The van der Waals surface area contributed by atoms with Crippen molar-refractivity contribution in [1.82, 2.24) is 4.90 Å². The summed E-state index contributed by atoms with van der Waals surface area (Å²) in [4.78, 5) is 14.8. The number of hydrogen-bond donors (Lipinski definition) is 1. The van der Waals surface area contributed by atoms with Crippen molar-refractivity contribution in [3.05, 3.63) is 0 Å². The molecular weight excluding hydrogens is 260 g/mol. The van der Waals surface area contributed by atoms with E-state index in [1.54, 1.807) is 0 Å². The van der Waals surface area contributed by atoms with E-state index in [9.17, 15) is 4.79 Å². The van der Waals surface area contributed by atoms with E-state index in [1.807, 2.05) is 4.90 Å². The monoisotopic (exact) mass is 284 g/mol. The SMILES string of the molecule is NC(=S)CN(C(=O)CC1CCCCO1)C1CCCC1. The Bertz CT molecular complexity index is 323. The summed E-state index contributed by atoms with van der Waals surface area (Å²) >= 11 is 4.98. The van der Waals surface area contributed by atoms with Gasteiger partial charge in [0.15, 0.2) is 0 Å². The van der Waals surface area contributed by atoms with Crippen molar-refractivity contribution in [3.63, 3.8) is 0 Å². The summed E-state index contributed by atoms with van der Waals surface area (Å²) in [7, 11) is 0. The number of rotatable bonds is 5. The number of carbonyl (C=O) groups is 1. The second-order valence-corrected chi connectivity index (χ2v) is 6.14. The van der Waals surface area contributed by atoms with Crippen LogP contribution in [0, 0.1) is 0 Å². The number of carbonyl (C=O) groups excluding carboxylic acids is 1. The fourth-order valence-corrected chi connectivity index (χ4v) is 3.22. The quantitative estimate of drug-likeness (QED) is 0.785. The maximum absolute atomic E-state index is 12.5. The lowest BCUT2D eigenvalue weighted by atomic mass is 10.0. The van der Waals surface area contributed by atoms with Crippen LogP contribution in [0.3, 0.4) is 0 Å². The van der Waals surface area contributed by atoms with Crippen LogP contribution in [-0.2, 0) is 9.53 Å². The molecule has 4 nitrogen and oxygen atoms in total. The van der Waals surface area contributed by atoms with Gasteiger partial charge < -0.3 is 15.4 Å². The predicted molar refractivity (Wildman–Crippen MR) is 79.0 cm³/mol. The van der Waals surface area contributed by atoms with Crippen LogP contribution in [0.15, 0.2) is 0 Å². The fraction of sp³-hybridized carbons (Fsp3) is 0.857. The first-order valence-electron chi connectivity index (χ1n) is 7.36. The molecule has 0 bridgehead atoms. The van der Waals surface area contributed by atoms with E-state index in [4.69, 9.17) is 22.7 Å². The first kappa shape index (κ1) is 14.7. The number of nitrogens with zero attached hydrogens (tertiary/aromatic N) is 1. The standard InChI is InChI=1S/C14H24N2O2S/c15-13(19)10-16(11-5-1-2-6-11)14(17)9-12-7-3-4-8-18-12/h11-12H,1-10H2,(H2,15,19). The van der Waals surface area contributed by atoms with E-state index < -0.39 is 0 Å². The first-order valence-corrected chi connectivity index (χ1v) is 7.77. The highest BCUT2D eigenvalue weighted by Gasteiger charge is 2.29. The van der Waals surface area contributed by atoms with Crippen LogP contribution in [-0.4, -0.2) is 41.1 Å². The smallest absolute Gasteiger partial charge is 0.225 e. The molecule has 2 rings (SSSR count). The zero-order chi connectivity index (χ0) is 13.7. The third kappa shape index (κ3) is 4.42. The summed E-state index contributed by atoms with van der Waals surface area (Å²) in [5.41, 5.74) is 5.64. The van der Waals surface area contributed by atoms with Gasteiger partial charge >= 0.3 is 0 Å². The predicted octanol–water partition coefficient (Wildman–Crippen LogP) is 2.00.